The molecule has 0 aromatic carbocycles. The van der Waals surface area contributed by atoms with Crippen molar-refractivity contribution in [1.82, 2.24) is 19.2 Å². The Bertz CT molecular complexity index is 453. The number of imidazole rings is 1. The Hall–Kier alpha value is -0.920. The number of hydrogen-bond acceptors (Lipinski definition) is 4. The SMILES string of the molecule is Cc1ncc(S(=O)(=O)N(C)CCCN(C)C)[nH]1. The van der Waals surface area contributed by atoms with Gasteiger partial charge in [-0.15, -0.1) is 0 Å². The molecular weight excluding hydrogens is 240 g/mol. The van der Waals surface area contributed by atoms with Gasteiger partial charge in [-0.3, -0.25) is 0 Å². The van der Waals surface area contributed by atoms with Crippen LogP contribution >= 0.6 is 0 Å². The lowest BCUT2D eigenvalue weighted by Gasteiger charge is -2.17. The zero-order chi connectivity index (χ0) is 13.1. The first-order chi connectivity index (χ1) is 7.84. The van der Waals surface area contributed by atoms with Gasteiger partial charge in [0.25, 0.3) is 10.0 Å². The first-order valence-corrected chi connectivity index (χ1v) is 6.90. The van der Waals surface area contributed by atoms with Gasteiger partial charge in [0, 0.05) is 13.6 Å². The van der Waals surface area contributed by atoms with Crippen molar-refractivity contribution in [3.63, 3.8) is 0 Å². The van der Waals surface area contributed by atoms with Gasteiger partial charge >= 0.3 is 0 Å². The zero-order valence-corrected chi connectivity index (χ0v) is 11.6. The summed E-state index contributed by atoms with van der Waals surface area (Å²) in [5.74, 6) is 0.602. The highest BCUT2D eigenvalue weighted by atomic mass is 32.2. The number of nitrogens with zero attached hydrogens (tertiary/aromatic N) is 3. The monoisotopic (exact) mass is 260 g/mol. The van der Waals surface area contributed by atoms with E-state index >= 15 is 0 Å². The molecule has 0 amide bonds. The van der Waals surface area contributed by atoms with Crippen LogP contribution in [0.4, 0.5) is 0 Å². The molecule has 1 aromatic rings. The number of sulfonamides is 1. The van der Waals surface area contributed by atoms with Crippen molar-refractivity contribution in [3.05, 3.63) is 12.0 Å². The Balaban J connectivity index is 2.64. The number of rotatable bonds is 6. The third-order valence-electron chi connectivity index (χ3n) is 2.45. The van der Waals surface area contributed by atoms with Gasteiger partial charge in [-0.2, -0.15) is 4.31 Å². The van der Waals surface area contributed by atoms with E-state index in [1.54, 1.807) is 14.0 Å². The van der Waals surface area contributed by atoms with E-state index in [2.05, 4.69) is 9.97 Å². The largest absolute Gasteiger partial charge is 0.332 e. The Kier molecular flexibility index (Phi) is 4.67. The van der Waals surface area contributed by atoms with E-state index in [1.807, 2.05) is 19.0 Å². The van der Waals surface area contributed by atoms with Crippen LogP contribution in [0.2, 0.25) is 0 Å². The van der Waals surface area contributed by atoms with Crippen molar-refractivity contribution < 1.29 is 8.42 Å². The van der Waals surface area contributed by atoms with Crippen molar-refractivity contribution in [2.45, 2.75) is 18.4 Å². The van der Waals surface area contributed by atoms with E-state index in [4.69, 9.17) is 0 Å². The average molecular weight is 260 g/mol. The van der Waals surface area contributed by atoms with E-state index in [1.165, 1.54) is 10.5 Å². The lowest BCUT2D eigenvalue weighted by molar-refractivity contribution is 0.370. The molecule has 0 radical (unpaired) electrons. The summed E-state index contributed by atoms with van der Waals surface area (Å²) >= 11 is 0. The minimum atomic E-state index is -3.42. The molecule has 0 saturated carbocycles. The van der Waals surface area contributed by atoms with Crippen molar-refractivity contribution in [3.8, 4) is 0 Å². The summed E-state index contributed by atoms with van der Waals surface area (Å²) in [6.07, 6.45) is 2.16. The first kappa shape index (κ1) is 14.1. The number of aromatic nitrogens is 2. The second-order valence-corrected chi connectivity index (χ2v) is 6.33. The maximum atomic E-state index is 12.1. The number of H-pyrrole nitrogens is 1. The van der Waals surface area contributed by atoms with Gasteiger partial charge in [0.1, 0.15) is 5.82 Å². The van der Waals surface area contributed by atoms with Crippen LogP contribution in [0.25, 0.3) is 0 Å². The molecule has 1 N–H and O–H groups in total. The molecule has 1 heterocycles. The van der Waals surface area contributed by atoms with Gasteiger partial charge in [-0.1, -0.05) is 0 Å². The maximum absolute atomic E-state index is 12.1. The van der Waals surface area contributed by atoms with Gasteiger partial charge in [0.05, 0.1) is 6.20 Å². The van der Waals surface area contributed by atoms with E-state index < -0.39 is 10.0 Å². The molecule has 7 heteroatoms. The third kappa shape index (κ3) is 3.79. The average Bonchev–Trinajstić information content (AvgIpc) is 2.64. The summed E-state index contributed by atoms with van der Waals surface area (Å²) in [4.78, 5) is 8.68. The van der Waals surface area contributed by atoms with Gasteiger partial charge < -0.3 is 9.88 Å². The Morgan fingerprint density at radius 2 is 1.94 bits per heavy atom. The number of nitrogens with one attached hydrogen (secondary N) is 1. The zero-order valence-electron chi connectivity index (χ0n) is 10.8. The third-order valence-corrected chi connectivity index (χ3v) is 4.21. The minimum absolute atomic E-state index is 0.155. The summed E-state index contributed by atoms with van der Waals surface area (Å²) in [7, 11) is 2.10. The lowest BCUT2D eigenvalue weighted by atomic mass is 10.4. The van der Waals surface area contributed by atoms with Crippen LogP contribution in [0.3, 0.4) is 0 Å². The molecule has 1 rings (SSSR count). The fourth-order valence-electron chi connectivity index (χ4n) is 1.43. The fourth-order valence-corrected chi connectivity index (χ4v) is 2.59. The number of aryl methyl sites for hydroxylation is 1. The van der Waals surface area contributed by atoms with Gasteiger partial charge in [0.15, 0.2) is 5.03 Å². The molecule has 0 fully saturated rings. The quantitative estimate of drug-likeness (QED) is 0.798. The van der Waals surface area contributed by atoms with Crippen molar-refractivity contribution >= 4 is 10.0 Å². The highest BCUT2D eigenvalue weighted by Gasteiger charge is 2.22. The maximum Gasteiger partial charge on any atom is 0.259 e. The predicted octanol–water partition coefficient (Wildman–Crippen LogP) is 0.290. The molecule has 6 nitrogen and oxygen atoms in total. The van der Waals surface area contributed by atoms with Crippen LogP contribution in [0.1, 0.15) is 12.2 Å². The topological polar surface area (TPSA) is 69.3 Å². The lowest BCUT2D eigenvalue weighted by Crippen LogP contribution is -2.30. The van der Waals surface area contributed by atoms with E-state index in [0.29, 0.717) is 12.4 Å². The molecule has 0 saturated heterocycles. The smallest absolute Gasteiger partial charge is 0.259 e. The summed E-state index contributed by atoms with van der Waals surface area (Å²) in [5, 5.41) is 0.155. The van der Waals surface area contributed by atoms with Crippen LogP contribution in [0.15, 0.2) is 11.2 Å². The van der Waals surface area contributed by atoms with Crippen molar-refractivity contribution in [2.24, 2.45) is 0 Å². The van der Waals surface area contributed by atoms with Crippen LogP contribution in [-0.4, -0.2) is 61.8 Å². The molecule has 0 unspecified atom stereocenters. The molecule has 0 aliphatic carbocycles. The summed E-state index contributed by atoms with van der Waals surface area (Å²) in [6, 6.07) is 0. The highest BCUT2D eigenvalue weighted by molar-refractivity contribution is 7.89. The van der Waals surface area contributed by atoms with Gasteiger partial charge in [0.2, 0.25) is 0 Å². The normalized spacial score (nSPS) is 12.6. The Morgan fingerprint density at radius 1 is 1.29 bits per heavy atom. The summed E-state index contributed by atoms with van der Waals surface area (Å²) < 4.78 is 25.5. The molecule has 0 bridgehead atoms. The molecule has 98 valence electrons. The number of hydrogen-bond donors (Lipinski definition) is 1. The van der Waals surface area contributed by atoms with Crippen molar-refractivity contribution in [1.29, 1.82) is 0 Å². The van der Waals surface area contributed by atoms with Crippen LogP contribution in [0.5, 0.6) is 0 Å². The molecule has 17 heavy (non-hydrogen) atoms. The molecular formula is C10H20N4O2S. The van der Waals surface area contributed by atoms with Gasteiger partial charge in [-0.05, 0) is 34.0 Å². The number of aromatic amines is 1. The summed E-state index contributed by atoms with van der Waals surface area (Å²) in [5.41, 5.74) is 0. The minimum Gasteiger partial charge on any atom is -0.332 e. The fraction of sp³-hybridized carbons (Fsp3) is 0.700. The van der Waals surface area contributed by atoms with E-state index in [9.17, 15) is 8.42 Å². The summed E-state index contributed by atoms with van der Waals surface area (Å²) in [6.45, 7) is 3.09. The second kappa shape index (κ2) is 5.61. The molecule has 0 aliphatic rings. The second-order valence-electron chi connectivity index (χ2n) is 4.32. The van der Waals surface area contributed by atoms with Crippen LogP contribution < -0.4 is 0 Å². The van der Waals surface area contributed by atoms with Crippen LogP contribution in [0, 0.1) is 6.92 Å². The predicted molar refractivity (Wildman–Crippen MR) is 66.3 cm³/mol. The standard InChI is InChI=1S/C10H20N4O2S/c1-9-11-8-10(12-9)17(15,16)14(4)7-5-6-13(2)3/h8H,5-7H2,1-4H3,(H,11,12). The van der Waals surface area contributed by atoms with E-state index in [-0.39, 0.29) is 5.03 Å². The van der Waals surface area contributed by atoms with Crippen LogP contribution in [-0.2, 0) is 10.0 Å². The molecule has 1 aromatic heterocycles. The Morgan fingerprint density at radius 3 is 2.41 bits per heavy atom. The molecule has 0 aliphatic heterocycles. The molecule has 0 atom stereocenters. The van der Waals surface area contributed by atoms with E-state index in [0.717, 1.165) is 13.0 Å². The Labute approximate surface area is 103 Å². The molecule has 0 spiro atoms. The van der Waals surface area contributed by atoms with Crippen molar-refractivity contribution in [2.75, 3.05) is 34.2 Å². The highest BCUT2D eigenvalue weighted by Crippen LogP contribution is 2.11. The first-order valence-electron chi connectivity index (χ1n) is 5.46. The van der Waals surface area contributed by atoms with Gasteiger partial charge in [-0.25, -0.2) is 13.4 Å².